The number of benzene rings is 3. The molecular formula is C29H23Cl2FN6O. The van der Waals surface area contributed by atoms with Gasteiger partial charge in [-0.05, 0) is 73.5 Å². The van der Waals surface area contributed by atoms with Gasteiger partial charge in [0.15, 0.2) is 17.0 Å². The number of amides is 1. The van der Waals surface area contributed by atoms with Crippen LogP contribution in [0, 0.1) is 5.82 Å². The highest BCUT2D eigenvalue weighted by Crippen LogP contribution is 2.35. The van der Waals surface area contributed by atoms with Gasteiger partial charge in [0.05, 0.1) is 5.02 Å². The Morgan fingerprint density at radius 3 is 2.36 bits per heavy atom. The van der Waals surface area contributed by atoms with Crippen LogP contribution in [0.25, 0.3) is 28.2 Å². The second-order valence-corrected chi connectivity index (χ2v) is 10.2. The SMILES string of the molecule is O=C(NC1CCN(c2ncnc3c2nc(-c2ccccc2Cl)n3-c2ccc(Cl)cc2)CC1)c1ccc(F)cc1. The molecule has 196 valence electrons. The summed E-state index contributed by atoms with van der Waals surface area (Å²) in [5.41, 5.74) is 3.39. The molecule has 1 amide bonds. The van der Waals surface area contributed by atoms with Crippen LogP contribution >= 0.6 is 23.2 Å². The van der Waals surface area contributed by atoms with Crippen molar-refractivity contribution in [3.8, 4) is 17.1 Å². The molecule has 6 rings (SSSR count). The zero-order chi connectivity index (χ0) is 26.9. The van der Waals surface area contributed by atoms with Gasteiger partial charge in [-0.2, -0.15) is 0 Å². The maximum absolute atomic E-state index is 13.2. The van der Waals surface area contributed by atoms with Gasteiger partial charge in [-0.15, -0.1) is 0 Å². The maximum atomic E-state index is 13.2. The molecule has 39 heavy (non-hydrogen) atoms. The smallest absolute Gasteiger partial charge is 0.251 e. The minimum Gasteiger partial charge on any atom is -0.355 e. The molecule has 1 saturated heterocycles. The van der Waals surface area contributed by atoms with Gasteiger partial charge in [-0.25, -0.2) is 19.3 Å². The number of hydrogen-bond donors (Lipinski definition) is 1. The van der Waals surface area contributed by atoms with Crippen LogP contribution in [-0.4, -0.2) is 44.6 Å². The Hall–Kier alpha value is -4.01. The predicted octanol–water partition coefficient (Wildman–Crippen LogP) is 6.33. The van der Waals surface area contributed by atoms with E-state index in [1.807, 2.05) is 53.1 Å². The van der Waals surface area contributed by atoms with Gasteiger partial charge in [0, 0.05) is 41.0 Å². The van der Waals surface area contributed by atoms with E-state index < -0.39 is 0 Å². The van der Waals surface area contributed by atoms with Gasteiger partial charge in [-0.1, -0.05) is 35.3 Å². The Labute approximate surface area is 234 Å². The Morgan fingerprint density at radius 1 is 0.923 bits per heavy atom. The fourth-order valence-corrected chi connectivity index (χ4v) is 5.22. The molecule has 1 fully saturated rings. The molecule has 1 aliphatic heterocycles. The van der Waals surface area contributed by atoms with E-state index in [0.29, 0.717) is 45.7 Å². The van der Waals surface area contributed by atoms with Crippen LogP contribution in [0.3, 0.4) is 0 Å². The summed E-state index contributed by atoms with van der Waals surface area (Å²) < 4.78 is 15.2. The molecule has 3 aromatic carbocycles. The molecule has 0 spiro atoms. The minimum atomic E-state index is -0.368. The van der Waals surface area contributed by atoms with Crippen LogP contribution in [0.4, 0.5) is 10.2 Å². The number of carbonyl (C=O) groups excluding carboxylic acids is 1. The number of rotatable bonds is 5. The van der Waals surface area contributed by atoms with E-state index in [2.05, 4.69) is 20.2 Å². The van der Waals surface area contributed by atoms with E-state index >= 15 is 0 Å². The number of halogens is 3. The fourth-order valence-electron chi connectivity index (χ4n) is 4.88. The van der Waals surface area contributed by atoms with Crippen molar-refractivity contribution in [2.45, 2.75) is 18.9 Å². The molecule has 0 radical (unpaired) electrons. The second kappa shape index (κ2) is 10.6. The summed E-state index contributed by atoms with van der Waals surface area (Å²) >= 11 is 12.8. The van der Waals surface area contributed by atoms with Crippen molar-refractivity contribution in [1.29, 1.82) is 0 Å². The monoisotopic (exact) mass is 560 g/mol. The van der Waals surface area contributed by atoms with Gasteiger partial charge in [0.1, 0.15) is 18.0 Å². The third kappa shape index (κ3) is 5.05. The average molecular weight is 561 g/mol. The van der Waals surface area contributed by atoms with E-state index in [-0.39, 0.29) is 17.8 Å². The number of nitrogens with zero attached hydrogens (tertiary/aromatic N) is 5. The van der Waals surface area contributed by atoms with Crippen molar-refractivity contribution in [2.75, 3.05) is 18.0 Å². The first-order chi connectivity index (χ1) is 19.0. The van der Waals surface area contributed by atoms with Gasteiger partial charge >= 0.3 is 0 Å². The van der Waals surface area contributed by atoms with E-state index in [9.17, 15) is 9.18 Å². The van der Waals surface area contributed by atoms with Gasteiger partial charge in [0.2, 0.25) is 0 Å². The van der Waals surface area contributed by atoms with Crippen LogP contribution < -0.4 is 10.2 Å². The first-order valence-electron chi connectivity index (χ1n) is 12.5. The van der Waals surface area contributed by atoms with Crippen LogP contribution in [0.15, 0.2) is 79.1 Å². The zero-order valence-corrected chi connectivity index (χ0v) is 22.2. The molecule has 3 heterocycles. The molecule has 0 bridgehead atoms. The van der Waals surface area contributed by atoms with Crippen molar-refractivity contribution >= 4 is 46.1 Å². The molecule has 0 atom stereocenters. The van der Waals surface area contributed by atoms with E-state index in [0.717, 1.165) is 29.9 Å². The molecule has 5 aromatic rings. The Kier molecular flexibility index (Phi) is 6.89. The predicted molar refractivity (Wildman–Crippen MR) is 151 cm³/mol. The van der Waals surface area contributed by atoms with Crippen LogP contribution in [-0.2, 0) is 0 Å². The normalized spacial score (nSPS) is 14.1. The summed E-state index contributed by atoms with van der Waals surface area (Å²) in [6.45, 7) is 1.35. The lowest BCUT2D eigenvalue weighted by Crippen LogP contribution is -2.45. The van der Waals surface area contributed by atoms with Crippen molar-refractivity contribution in [2.24, 2.45) is 0 Å². The number of nitrogens with one attached hydrogen (secondary N) is 1. The lowest BCUT2D eigenvalue weighted by molar-refractivity contribution is 0.0931. The fraction of sp³-hybridized carbons (Fsp3) is 0.172. The molecular weight excluding hydrogens is 538 g/mol. The molecule has 0 saturated carbocycles. The van der Waals surface area contributed by atoms with Crippen LogP contribution in [0.1, 0.15) is 23.2 Å². The van der Waals surface area contributed by atoms with E-state index in [1.54, 1.807) is 6.33 Å². The van der Waals surface area contributed by atoms with Crippen LogP contribution in [0.5, 0.6) is 0 Å². The Bertz CT molecular complexity index is 1650. The molecule has 0 aliphatic carbocycles. The molecule has 2 aromatic heterocycles. The number of piperidine rings is 1. The largest absolute Gasteiger partial charge is 0.355 e. The third-order valence-corrected chi connectivity index (χ3v) is 7.44. The minimum absolute atomic E-state index is 0.00134. The summed E-state index contributed by atoms with van der Waals surface area (Å²) in [5, 5.41) is 4.28. The second-order valence-electron chi connectivity index (χ2n) is 9.34. The highest BCUT2D eigenvalue weighted by Gasteiger charge is 2.26. The first kappa shape index (κ1) is 25.3. The molecule has 10 heteroatoms. The number of carbonyl (C=O) groups is 1. The number of aromatic nitrogens is 4. The molecule has 7 nitrogen and oxygen atoms in total. The van der Waals surface area contributed by atoms with E-state index in [4.69, 9.17) is 28.2 Å². The van der Waals surface area contributed by atoms with Gasteiger partial charge < -0.3 is 10.2 Å². The molecule has 1 N–H and O–H groups in total. The number of imidazole rings is 1. The quantitative estimate of drug-likeness (QED) is 0.272. The standard InChI is InChI=1S/C29H23Cl2FN6O/c30-19-7-11-22(12-8-19)38-26(23-3-1-2-4-24(23)31)36-25-27(33-17-34-28(25)38)37-15-13-21(14-16-37)35-29(39)18-5-9-20(32)10-6-18/h1-12,17,21H,13-16H2,(H,35,39). The van der Waals surface area contributed by atoms with E-state index in [1.165, 1.54) is 24.3 Å². The first-order valence-corrected chi connectivity index (χ1v) is 13.3. The van der Waals surface area contributed by atoms with Crippen molar-refractivity contribution in [3.63, 3.8) is 0 Å². The van der Waals surface area contributed by atoms with Gasteiger partial charge in [0.25, 0.3) is 5.91 Å². The van der Waals surface area contributed by atoms with Crippen molar-refractivity contribution in [3.05, 3.63) is 101 Å². The lowest BCUT2D eigenvalue weighted by Gasteiger charge is -2.33. The molecule has 1 aliphatic rings. The van der Waals surface area contributed by atoms with Crippen LogP contribution in [0.2, 0.25) is 10.0 Å². The summed E-state index contributed by atoms with van der Waals surface area (Å²) in [4.78, 5) is 29.0. The topological polar surface area (TPSA) is 75.9 Å². The Morgan fingerprint density at radius 2 is 1.64 bits per heavy atom. The third-order valence-electron chi connectivity index (χ3n) is 6.86. The highest BCUT2D eigenvalue weighted by atomic mass is 35.5. The average Bonchev–Trinajstić information content (AvgIpc) is 3.34. The zero-order valence-electron chi connectivity index (χ0n) is 20.7. The summed E-state index contributed by atoms with van der Waals surface area (Å²) in [5.74, 6) is 0.807. The lowest BCUT2D eigenvalue weighted by atomic mass is 10.0. The maximum Gasteiger partial charge on any atom is 0.251 e. The van der Waals surface area contributed by atoms with Gasteiger partial charge in [-0.3, -0.25) is 9.36 Å². The summed E-state index contributed by atoms with van der Waals surface area (Å²) in [7, 11) is 0. The highest BCUT2D eigenvalue weighted by molar-refractivity contribution is 6.33. The number of hydrogen-bond acceptors (Lipinski definition) is 5. The summed E-state index contributed by atoms with van der Waals surface area (Å²) in [6, 6.07) is 20.6. The number of fused-ring (bicyclic) bond motifs is 1. The Balaban J connectivity index is 1.31. The molecule has 0 unspecified atom stereocenters. The van der Waals surface area contributed by atoms with Crippen molar-refractivity contribution in [1.82, 2.24) is 24.8 Å². The number of anilines is 1. The summed E-state index contributed by atoms with van der Waals surface area (Å²) in [6.07, 6.45) is 3.01. The van der Waals surface area contributed by atoms with Crippen molar-refractivity contribution < 1.29 is 9.18 Å².